The number of aryl methyl sites for hydroxylation is 1. The lowest BCUT2D eigenvalue weighted by Crippen LogP contribution is -2.50. The zero-order valence-corrected chi connectivity index (χ0v) is 21.6. The maximum absolute atomic E-state index is 13.5. The van der Waals surface area contributed by atoms with Crippen molar-refractivity contribution < 1.29 is 9.59 Å². The maximum Gasteiger partial charge on any atom is 0.242 e. The third-order valence-electron chi connectivity index (χ3n) is 5.52. The van der Waals surface area contributed by atoms with Gasteiger partial charge in [0.2, 0.25) is 11.8 Å². The van der Waals surface area contributed by atoms with Gasteiger partial charge in [0.15, 0.2) is 0 Å². The number of thioether (sulfide) groups is 1. The normalized spacial score (nSPS) is 11.6. The molecule has 0 aliphatic rings. The molecular formula is C27H28Cl2N2O2S. The van der Waals surface area contributed by atoms with Crippen molar-refractivity contribution in [3.63, 3.8) is 0 Å². The number of halogens is 2. The Bertz CT molecular complexity index is 1090. The fourth-order valence-corrected chi connectivity index (χ4v) is 4.99. The molecule has 3 rings (SSSR count). The van der Waals surface area contributed by atoms with Gasteiger partial charge in [-0.15, -0.1) is 11.8 Å². The van der Waals surface area contributed by atoms with Crippen LogP contribution in [0.5, 0.6) is 0 Å². The van der Waals surface area contributed by atoms with E-state index in [1.54, 1.807) is 30.1 Å². The molecule has 1 atom stereocenters. The van der Waals surface area contributed by atoms with Gasteiger partial charge >= 0.3 is 0 Å². The highest BCUT2D eigenvalue weighted by Gasteiger charge is 2.30. The van der Waals surface area contributed by atoms with E-state index in [9.17, 15) is 9.59 Å². The molecule has 0 spiro atoms. The van der Waals surface area contributed by atoms with Crippen molar-refractivity contribution in [3.8, 4) is 0 Å². The largest absolute Gasteiger partial charge is 0.357 e. The second-order valence-corrected chi connectivity index (χ2v) is 9.82. The van der Waals surface area contributed by atoms with E-state index < -0.39 is 6.04 Å². The number of nitrogens with zero attached hydrogens (tertiary/aromatic N) is 1. The molecule has 3 aromatic rings. The zero-order valence-electron chi connectivity index (χ0n) is 19.3. The summed E-state index contributed by atoms with van der Waals surface area (Å²) in [4.78, 5) is 28.1. The Labute approximate surface area is 215 Å². The molecule has 0 saturated carbocycles. The lowest BCUT2D eigenvalue weighted by Gasteiger charge is -2.31. The van der Waals surface area contributed by atoms with E-state index in [2.05, 4.69) is 29.6 Å². The fraction of sp³-hybridized carbons (Fsp3) is 0.259. The molecule has 0 bridgehead atoms. The van der Waals surface area contributed by atoms with E-state index in [-0.39, 0.29) is 24.1 Å². The van der Waals surface area contributed by atoms with Gasteiger partial charge in [0, 0.05) is 41.4 Å². The molecule has 0 radical (unpaired) electrons. The van der Waals surface area contributed by atoms with E-state index in [4.69, 9.17) is 23.2 Å². The third kappa shape index (κ3) is 7.26. The molecule has 0 fully saturated rings. The standard InChI is InChI=1S/C27H28Cl2N2O2S/c1-19-11-13-21(14-12-19)17-34-18-26(32)31(16-22-23(28)9-6-10-24(22)29)25(27(33)30-2)15-20-7-4-3-5-8-20/h3-14,25H,15-18H2,1-2H3,(H,30,33). The molecule has 0 aromatic heterocycles. The van der Waals surface area contributed by atoms with Crippen LogP contribution in [0, 0.1) is 6.92 Å². The molecule has 2 amide bonds. The Hall–Kier alpha value is -2.47. The third-order valence-corrected chi connectivity index (χ3v) is 7.22. The van der Waals surface area contributed by atoms with E-state index in [0.29, 0.717) is 27.8 Å². The van der Waals surface area contributed by atoms with Crippen LogP contribution >= 0.6 is 35.0 Å². The number of hydrogen-bond acceptors (Lipinski definition) is 3. The van der Waals surface area contributed by atoms with Crippen molar-refractivity contribution in [3.05, 3.63) is 105 Å². The summed E-state index contributed by atoms with van der Waals surface area (Å²) >= 11 is 14.4. The fourth-order valence-electron chi connectivity index (χ4n) is 3.60. The van der Waals surface area contributed by atoms with Crippen molar-refractivity contribution in [2.75, 3.05) is 12.8 Å². The van der Waals surface area contributed by atoms with Crippen LogP contribution in [0.25, 0.3) is 0 Å². The van der Waals surface area contributed by atoms with Crippen molar-refractivity contribution in [1.29, 1.82) is 0 Å². The molecule has 0 heterocycles. The summed E-state index contributed by atoms with van der Waals surface area (Å²) in [5, 5.41) is 3.65. The number of amides is 2. The van der Waals surface area contributed by atoms with Crippen molar-refractivity contribution in [1.82, 2.24) is 10.2 Å². The molecule has 178 valence electrons. The highest BCUT2D eigenvalue weighted by atomic mass is 35.5. The molecular weight excluding hydrogens is 487 g/mol. The molecule has 7 heteroatoms. The zero-order chi connectivity index (χ0) is 24.5. The summed E-state index contributed by atoms with van der Waals surface area (Å²) < 4.78 is 0. The van der Waals surface area contributed by atoms with Gasteiger partial charge in [-0.3, -0.25) is 9.59 Å². The maximum atomic E-state index is 13.5. The van der Waals surface area contributed by atoms with E-state index in [1.807, 2.05) is 37.3 Å². The molecule has 1 N–H and O–H groups in total. The second kappa shape index (κ2) is 12.8. The number of carbonyl (C=O) groups is 2. The first kappa shape index (κ1) is 26.1. The van der Waals surface area contributed by atoms with Gasteiger partial charge < -0.3 is 10.2 Å². The van der Waals surface area contributed by atoms with Crippen LogP contribution in [0.15, 0.2) is 72.8 Å². The summed E-state index contributed by atoms with van der Waals surface area (Å²) in [6.45, 7) is 2.19. The minimum absolute atomic E-state index is 0.141. The minimum atomic E-state index is -0.702. The molecule has 4 nitrogen and oxygen atoms in total. The van der Waals surface area contributed by atoms with Crippen LogP contribution in [-0.4, -0.2) is 35.6 Å². The average Bonchev–Trinajstić information content (AvgIpc) is 2.84. The number of carbonyl (C=O) groups excluding carboxylic acids is 2. The molecule has 1 unspecified atom stereocenters. The summed E-state index contributed by atoms with van der Waals surface area (Å²) in [5.74, 6) is 0.565. The van der Waals surface area contributed by atoms with Crippen LogP contribution < -0.4 is 5.32 Å². The van der Waals surface area contributed by atoms with Gasteiger partial charge in [-0.25, -0.2) is 0 Å². The Morgan fingerprint density at radius 1 is 0.912 bits per heavy atom. The SMILES string of the molecule is CNC(=O)C(Cc1ccccc1)N(Cc1c(Cl)cccc1Cl)C(=O)CSCc1ccc(C)cc1. The smallest absolute Gasteiger partial charge is 0.242 e. The van der Waals surface area contributed by atoms with Gasteiger partial charge in [0.25, 0.3) is 0 Å². The Morgan fingerprint density at radius 3 is 2.18 bits per heavy atom. The molecule has 0 saturated heterocycles. The monoisotopic (exact) mass is 514 g/mol. The quantitative estimate of drug-likeness (QED) is 0.365. The molecule has 0 aliphatic heterocycles. The van der Waals surface area contributed by atoms with Crippen molar-refractivity contribution in [2.45, 2.75) is 31.7 Å². The summed E-state index contributed by atoms with van der Waals surface area (Å²) in [7, 11) is 1.58. The predicted molar refractivity (Wildman–Crippen MR) is 142 cm³/mol. The van der Waals surface area contributed by atoms with Crippen LogP contribution in [0.1, 0.15) is 22.3 Å². The summed E-state index contributed by atoms with van der Waals surface area (Å²) in [5.41, 5.74) is 3.94. The number of nitrogens with one attached hydrogen (secondary N) is 1. The van der Waals surface area contributed by atoms with Gasteiger partial charge in [-0.05, 0) is 30.2 Å². The topological polar surface area (TPSA) is 49.4 Å². The average molecular weight is 516 g/mol. The Kier molecular flexibility index (Phi) is 9.87. The highest BCUT2D eigenvalue weighted by Crippen LogP contribution is 2.27. The van der Waals surface area contributed by atoms with Gasteiger partial charge in [-0.1, -0.05) is 89.4 Å². The summed E-state index contributed by atoms with van der Waals surface area (Å²) in [6.07, 6.45) is 0.386. The minimum Gasteiger partial charge on any atom is -0.357 e. The van der Waals surface area contributed by atoms with Gasteiger partial charge in [0.05, 0.1) is 5.75 Å². The Balaban J connectivity index is 1.85. The van der Waals surface area contributed by atoms with E-state index in [1.165, 1.54) is 17.3 Å². The Morgan fingerprint density at radius 2 is 1.56 bits per heavy atom. The van der Waals surface area contributed by atoms with Crippen molar-refractivity contribution in [2.24, 2.45) is 0 Å². The molecule has 3 aromatic carbocycles. The highest BCUT2D eigenvalue weighted by molar-refractivity contribution is 7.99. The predicted octanol–water partition coefficient (Wildman–Crippen LogP) is 5.92. The van der Waals surface area contributed by atoms with E-state index >= 15 is 0 Å². The number of hydrogen-bond donors (Lipinski definition) is 1. The number of benzene rings is 3. The second-order valence-electron chi connectivity index (χ2n) is 8.02. The van der Waals surface area contributed by atoms with E-state index in [0.717, 1.165) is 11.1 Å². The molecule has 0 aliphatic carbocycles. The first-order valence-corrected chi connectivity index (χ1v) is 12.9. The first-order valence-electron chi connectivity index (χ1n) is 11.0. The van der Waals surface area contributed by atoms with Crippen LogP contribution in [0.4, 0.5) is 0 Å². The van der Waals surface area contributed by atoms with Gasteiger partial charge in [-0.2, -0.15) is 0 Å². The molecule has 34 heavy (non-hydrogen) atoms. The van der Waals surface area contributed by atoms with Crippen molar-refractivity contribution >= 4 is 46.8 Å². The van der Waals surface area contributed by atoms with Crippen LogP contribution in [0.3, 0.4) is 0 Å². The lowest BCUT2D eigenvalue weighted by molar-refractivity contribution is -0.139. The summed E-state index contributed by atoms with van der Waals surface area (Å²) in [6, 6.07) is 22.5. The van der Waals surface area contributed by atoms with Gasteiger partial charge in [0.1, 0.15) is 6.04 Å². The lowest BCUT2D eigenvalue weighted by atomic mass is 10.0. The van der Waals surface area contributed by atoms with Crippen LogP contribution in [0.2, 0.25) is 10.0 Å². The number of rotatable bonds is 10. The number of likely N-dealkylation sites (N-methyl/N-ethyl adjacent to an activating group) is 1. The van der Waals surface area contributed by atoms with Crippen LogP contribution in [-0.2, 0) is 28.3 Å². The first-order chi connectivity index (χ1) is 16.4.